The minimum atomic E-state index is -1.09. The molecule has 0 aromatic heterocycles. The molecule has 1 aliphatic rings. The zero-order chi connectivity index (χ0) is 14.1. The Kier molecular flexibility index (Phi) is 6.75. The molecule has 0 radical (unpaired) electrons. The lowest BCUT2D eigenvalue weighted by Crippen LogP contribution is -2.44. The Balaban J connectivity index is 2.19. The summed E-state index contributed by atoms with van der Waals surface area (Å²) in [5.74, 6) is 1.17. The molecule has 1 saturated carbocycles. The molecule has 19 heavy (non-hydrogen) atoms. The van der Waals surface area contributed by atoms with Crippen LogP contribution in [-0.2, 0) is 9.53 Å². The first-order valence-corrected chi connectivity index (χ1v) is 6.43. The van der Waals surface area contributed by atoms with E-state index < -0.39 is 18.5 Å². The second-order valence-electron chi connectivity index (χ2n) is 4.46. The van der Waals surface area contributed by atoms with E-state index in [1.165, 1.54) is 12.8 Å². The fourth-order valence-electron chi connectivity index (χ4n) is 2.02. The van der Waals surface area contributed by atoms with E-state index in [0.29, 0.717) is 19.3 Å². The van der Waals surface area contributed by atoms with Crippen molar-refractivity contribution >= 4 is 12.0 Å². The number of ether oxygens (including phenoxy) is 1. The number of amides is 2. The summed E-state index contributed by atoms with van der Waals surface area (Å²) < 4.78 is 5.58. The number of hydrogen-bond donors (Lipinski definition) is 2. The second kappa shape index (κ2) is 8.38. The molecule has 0 aliphatic heterocycles. The summed E-state index contributed by atoms with van der Waals surface area (Å²) in [5, 5.41) is 11.3. The van der Waals surface area contributed by atoms with E-state index in [4.69, 9.17) is 16.3 Å². The zero-order valence-corrected chi connectivity index (χ0v) is 10.9. The molecule has 106 valence electrons. The topological polar surface area (TPSA) is 78.9 Å². The summed E-state index contributed by atoms with van der Waals surface area (Å²) in [6, 6.07) is -0.477. The third-order valence-corrected chi connectivity index (χ3v) is 2.93. The minimum Gasteiger partial charge on any atom is -0.480 e. The van der Waals surface area contributed by atoms with Crippen molar-refractivity contribution in [1.82, 2.24) is 10.2 Å². The highest BCUT2D eigenvalue weighted by Crippen LogP contribution is 2.20. The van der Waals surface area contributed by atoms with Gasteiger partial charge in [-0.05, 0) is 12.8 Å². The molecular formula is C13H20N2O4. The first-order chi connectivity index (χ1) is 9.13. The SMILES string of the molecule is C#CCN(CC(=O)O)C(=O)NCCOC1CCCC1. The van der Waals surface area contributed by atoms with Crippen LogP contribution < -0.4 is 5.32 Å². The zero-order valence-electron chi connectivity index (χ0n) is 10.9. The third kappa shape index (κ3) is 6.11. The molecule has 2 amide bonds. The van der Waals surface area contributed by atoms with E-state index in [1.54, 1.807) is 0 Å². The fraction of sp³-hybridized carbons (Fsp3) is 0.692. The third-order valence-electron chi connectivity index (χ3n) is 2.93. The number of nitrogens with zero attached hydrogens (tertiary/aromatic N) is 1. The molecule has 1 aliphatic carbocycles. The number of carbonyl (C=O) groups excluding carboxylic acids is 1. The van der Waals surface area contributed by atoms with Gasteiger partial charge in [0.05, 0.1) is 19.3 Å². The molecule has 0 aromatic rings. The van der Waals surface area contributed by atoms with Crippen LogP contribution in [0.15, 0.2) is 0 Å². The Bertz CT molecular complexity index is 345. The van der Waals surface area contributed by atoms with Gasteiger partial charge in [-0.3, -0.25) is 4.79 Å². The van der Waals surface area contributed by atoms with E-state index in [9.17, 15) is 9.59 Å². The van der Waals surface area contributed by atoms with Gasteiger partial charge in [0, 0.05) is 6.54 Å². The van der Waals surface area contributed by atoms with Crippen molar-refractivity contribution in [3.63, 3.8) is 0 Å². The molecule has 6 heteroatoms. The van der Waals surface area contributed by atoms with Crippen LogP contribution in [0.3, 0.4) is 0 Å². The Morgan fingerprint density at radius 2 is 2.11 bits per heavy atom. The minimum absolute atomic E-state index is 0.0262. The number of carbonyl (C=O) groups is 2. The van der Waals surface area contributed by atoms with Crippen LogP contribution in [0.5, 0.6) is 0 Å². The quantitative estimate of drug-likeness (QED) is 0.525. The van der Waals surface area contributed by atoms with Crippen molar-refractivity contribution in [2.45, 2.75) is 31.8 Å². The van der Waals surface area contributed by atoms with Gasteiger partial charge in [-0.1, -0.05) is 18.8 Å². The molecule has 0 unspecified atom stereocenters. The fourth-order valence-corrected chi connectivity index (χ4v) is 2.02. The van der Waals surface area contributed by atoms with E-state index in [1.807, 2.05) is 0 Å². The number of hydrogen-bond acceptors (Lipinski definition) is 3. The van der Waals surface area contributed by atoms with Crippen LogP contribution in [0.2, 0.25) is 0 Å². The van der Waals surface area contributed by atoms with E-state index in [-0.39, 0.29) is 6.54 Å². The first kappa shape index (κ1) is 15.3. The van der Waals surface area contributed by atoms with Crippen molar-refractivity contribution in [1.29, 1.82) is 0 Å². The second-order valence-corrected chi connectivity index (χ2v) is 4.46. The van der Waals surface area contributed by atoms with Crippen LogP contribution in [0.25, 0.3) is 0 Å². The molecule has 2 N–H and O–H groups in total. The number of urea groups is 1. The van der Waals surface area contributed by atoms with Gasteiger partial charge in [0.2, 0.25) is 0 Å². The van der Waals surface area contributed by atoms with Gasteiger partial charge in [-0.15, -0.1) is 6.42 Å². The maximum Gasteiger partial charge on any atom is 0.323 e. The average molecular weight is 268 g/mol. The number of carboxylic acids is 1. The standard InChI is InChI=1S/C13H20N2O4/c1-2-8-15(10-12(16)17)13(18)14-7-9-19-11-5-3-4-6-11/h1,11H,3-10H2,(H,14,18)(H,16,17). The molecular weight excluding hydrogens is 248 g/mol. The highest BCUT2D eigenvalue weighted by Gasteiger charge is 2.17. The smallest absolute Gasteiger partial charge is 0.323 e. The van der Waals surface area contributed by atoms with Crippen LogP contribution in [0.1, 0.15) is 25.7 Å². The summed E-state index contributed by atoms with van der Waals surface area (Å²) in [6.07, 6.45) is 9.95. The van der Waals surface area contributed by atoms with Crippen LogP contribution in [-0.4, -0.2) is 54.4 Å². The average Bonchev–Trinajstić information content (AvgIpc) is 2.86. The summed E-state index contributed by atoms with van der Waals surface area (Å²) in [4.78, 5) is 23.3. The highest BCUT2D eigenvalue weighted by atomic mass is 16.5. The molecule has 0 aromatic carbocycles. The number of rotatable bonds is 7. The number of aliphatic carboxylic acids is 1. The number of carboxylic acid groups (broad SMARTS) is 1. The molecule has 0 bridgehead atoms. The predicted molar refractivity (Wildman–Crippen MR) is 69.6 cm³/mol. The Labute approximate surface area is 113 Å². The Morgan fingerprint density at radius 1 is 1.42 bits per heavy atom. The predicted octanol–water partition coefficient (Wildman–Crippen LogP) is 0.675. The molecule has 0 atom stereocenters. The van der Waals surface area contributed by atoms with Crippen molar-refractivity contribution in [3.05, 3.63) is 0 Å². The summed E-state index contributed by atoms with van der Waals surface area (Å²) in [7, 11) is 0. The van der Waals surface area contributed by atoms with Crippen molar-refractivity contribution in [3.8, 4) is 12.3 Å². The molecule has 1 fully saturated rings. The Hall–Kier alpha value is -1.74. The maximum atomic E-state index is 11.7. The summed E-state index contributed by atoms with van der Waals surface area (Å²) in [5.41, 5.74) is 0. The monoisotopic (exact) mass is 268 g/mol. The summed E-state index contributed by atoms with van der Waals surface area (Å²) in [6.45, 7) is 0.366. The van der Waals surface area contributed by atoms with Crippen LogP contribution in [0, 0.1) is 12.3 Å². The van der Waals surface area contributed by atoms with Gasteiger partial charge >= 0.3 is 12.0 Å². The number of nitrogens with one attached hydrogen (secondary N) is 1. The van der Waals surface area contributed by atoms with Gasteiger partial charge in [0.15, 0.2) is 0 Å². The van der Waals surface area contributed by atoms with E-state index in [2.05, 4.69) is 11.2 Å². The van der Waals surface area contributed by atoms with E-state index >= 15 is 0 Å². The van der Waals surface area contributed by atoms with Gasteiger partial charge < -0.3 is 20.1 Å². The highest BCUT2D eigenvalue weighted by molar-refractivity contribution is 5.80. The van der Waals surface area contributed by atoms with Crippen molar-refractivity contribution < 1.29 is 19.4 Å². The Morgan fingerprint density at radius 3 is 2.68 bits per heavy atom. The summed E-state index contributed by atoms with van der Waals surface area (Å²) >= 11 is 0. The molecule has 0 saturated heterocycles. The van der Waals surface area contributed by atoms with Crippen LogP contribution in [0.4, 0.5) is 4.79 Å². The lowest BCUT2D eigenvalue weighted by atomic mass is 10.3. The van der Waals surface area contributed by atoms with Gasteiger partial charge in [-0.2, -0.15) is 0 Å². The van der Waals surface area contributed by atoms with Crippen molar-refractivity contribution in [2.75, 3.05) is 26.2 Å². The molecule has 0 spiro atoms. The lowest BCUT2D eigenvalue weighted by Gasteiger charge is -2.19. The normalized spacial score (nSPS) is 14.9. The maximum absolute atomic E-state index is 11.7. The molecule has 6 nitrogen and oxygen atoms in total. The van der Waals surface area contributed by atoms with Gasteiger partial charge in [0.25, 0.3) is 0 Å². The lowest BCUT2D eigenvalue weighted by molar-refractivity contribution is -0.137. The first-order valence-electron chi connectivity index (χ1n) is 6.43. The van der Waals surface area contributed by atoms with Crippen LogP contribution >= 0.6 is 0 Å². The van der Waals surface area contributed by atoms with Crippen molar-refractivity contribution in [2.24, 2.45) is 0 Å². The van der Waals surface area contributed by atoms with Gasteiger partial charge in [0.1, 0.15) is 6.54 Å². The number of terminal acetylenes is 1. The largest absolute Gasteiger partial charge is 0.480 e. The van der Waals surface area contributed by atoms with Gasteiger partial charge in [-0.25, -0.2) is 4.79 Å². The van der Waals surface area contributed by atoms with E-state index in [0.717, 1.165) is 17.7 Å². The molecule has 0 heterocycles. The molecule has 1 rings (SSSR count).